The standard InChI is InChI=1S/C5H4N4.C5H10O5/c1-4-5(8-2-6-1)9-3-7-4;6-1-2-3(7)4(8)5(9)10-2/h1-3H,(H,6,7,8,9);2-9H,1H2/t;2-,3-,4+,5?/m.1/s1. The highest BCUT2D eigenvalue weighted by molar-refractivity contribution is 5.67. The van der Waals surface area contributed by atoms with Crippen molar-refractivity contribution in [1.82, 2.24) is 19.9 Å². The van der Waals surface area contributed by atoms with E-state index in [9.17, 15) is 0 Å². The molecule has 19 heavy (non-hydrogen) atoms. The van der Waals surface area contributed by atoms with Gasteiger partial charge in [-0.1, -0.05) is 0 Å². The topological polar surface area (TPSA) is 145 Å². The summed E-state index contributed by atoms with van der Waals surface area (Å²) in [6.07, 6.45) is 0.00648. The third kappa shape index (κ3) is 3.03. The van der Waals surface area contributed by atoms with Crippen molar-refractivity contribution in [3.8, 4) is 0 Å². The van der Waals surface area contributed by atoms with E-state index in [-0.39, 0.29) is 0 Å². The molecule has 1 unspecified atom stereocenters. The SMILES string of the molecule is OC[C@H]1OC(O)[C@@H](O)[C@@H]1O.c1ncc2[nH]cnc2n1. The molecule has 104 valence electrons. The molecule has 1 aliphatic heterocycles. The number of aliphatic hydroxyl groups is 4. The lowest BCUT2D eigenvalue weighted by atomic mass is 10.1. The van der Waals surface area contributed by atoms with Crippen LogP contribution in [0.2, 0.25) is 0 Å². The maximum atomic E-state index is 8.93. The van der Waals surface area contributed by atoms with E-state index >= 15 is 0 Å². The summed E-state index contributed by atoms with van der Waals surface area (Å²) in [7, 11) is 0. The average Bonchev–Trinajstić information content (AvgIpc) is 3.00. The Morgan fingerprint density at radius 2 is 2.00 bits per heavy atom. The van der Waals surface area contributed by atoms with Gasteiger partial charge in [0, 0.05) is 0 Å². The van der Waals surface area contributed by atoms with Gasteiger partial charge in [0.25, 0.3) is 0 Å². The number of aromatic nitrogens is 4. The second-order valence-corrected chi connectivity index (χ2v) is 3.89. The lowest BCUT2D eigenvalue weighted by molar-refractivity contribution is -0.132. The largest absolute Gasteiger partial charge is 0.394 e. The van der Waals surface area contributed by atoms with Crippen molar-refractivity contribution in [2.24, 2.45) is 0 Å². The van der Waals surface area contributed by atoms with Crippen LogP contribution in [0.1, 0.15) is 0 Å². The third-order valence-corrected chi connectivity index (χ3v) is 2.62. The van der Waals surface area contributed by atoms with Crippen LogP contribution in [0.3, 0.4) is 0 Å². The first-order chi connectivity index (χ1) is 9.13. The molecule has 1 fully saturated rings. The van der Waals surface area contributed by atoms with E-state index in [1.54, 1.807) is 12.5 Å². The summed E-state index contributed by atoms with van der Waals surface area (Å²) in [5.41, 5.74) is 1.59. The maximum Gasteiger partial charge on any atom is 0.184 e. The molecule has 0 spiro atoms. The van der Waals surface area contributed by atoms with E-state index in [0.29, 0.717) is 5.65 Å². The molecule has 0 radical (unpaired) electrons. The second kappa shape index (κ2) is 5.99. The van der Waals surface area contributed by atoms with Crippen LogP contribution in [0.5, 0.6) is 0 Å². The Morgan fingerprint density at radius 1 is 1.21 bits per heavy atom. The van der Waals surface area contributed by atoms with E-state index < -0.39 is 31.2 Å². The fourth-order valence-electron chi connectivity index (χ4n) is 1.57. The zero-order valence-electron chi connectivity index (χ0n) is 9.79. The Hall–Kier alpha value is -1.65. The average molecular weight is 270 g/mol. The second-order valence-electron chi connectivity index (χ2n) is 3.89. The zero-order chi connectivity index (χ0) is 13.8. The molecule has 0 aromatic carbocycles. The molecule has 0 amide bonds. The molecule has 0 bridgehead atoms. The summed E-state index contributed by atoms with van der Waals surface area (Å²) in [6, 6.07) is 0. The number of hydrogen-bond acceptors (Lipinski definition) is 8. The summed E-state index contributed by atoms with van der Waals surface area (Å²) in [6.45, 7) is -0.407. The Labute approximate surface area is 107 Å². The number of aromatic amines is 1. The Bertz CT molecular complexity index is 491. The first-order valence-corrected chi connectivity index (χ1v) is 5.53. The van der Waals surface area contributed by atoms with Crippen molar-refractivity contribution in [2.45, 2.75) is 24.6 Å². The predicted octanol–water partition coefficient (Wildman–Crippen LogP) is -2.23. The lowest BCUT2D eigenvalue weighted by Crippen LogP contribution is -2.33. The first-order valence-electron chi connectivity index (χ1n) is 5.53. The van der Waals surface area contributed by atoms with Gasteiger partial charge in [0.15, 0.2) is 11.9 Å². The smallest absolute Gasteiger partial charge is 0.184 e. The van der Waals surface area contributed by atoms with E-state index in [4.69, 9.17) is 20.4 Å². The molecule has 1 saturated heterocycles. The lowest BCUT2D eigenvalue weighted by Gasteiger charge is -2.09. The van der Waals surface area contributed by atoms with Crippen LogP contribution in [0.4, 0.5) is 0 Å². The van der Waals surface area contributed by atoms with E-state index in [1.807, 2.05) is 0 Å². The van der Waals surface area contributed by atoms with Gasteiger partial charge in [0.2, 0.25) is 0 Å². The van der Waals surface area contributed by atoms with Gasteiger partial charge in [-0.2, -0.15) is 0 Å². The summed E-state index contributed by atoms with van der Waals surface area (Å²) in [4.78, 5) is 14.5. The van der Waals surface area contributed by atoms with Crippen molar-refractivity contribution in [1.29, 1.82) is 0 Å². The van der Waals surface area contributed by atoms with Gasteiger partial charge in [-0.25, -0.2) is 15.0 Å². The minimum atomic E-state index is -1.38. The van der Waals surface area contributed by atoms with E-state index in [0.717, 1.165) is 5.52 Å². The Balaban J connectivity index is 0.000000141. The van der Waals surface area contributed by atoms with Crippen molar-refractivity contribution in [3.63, 3.8) is 0 Å². The highest BCUT2D eigenvalue weighted by Crippen LogP contribution is 2.18. The summed E-state index contributed by atoms with van der Waals surface area (Å²) >= 11 is 0. The molecule has 9 heteroatoms. The van der Waals surface area contributed by atoms with Crippen LogP contribution < -0.4 is 0 Å². The zero-order valence-corrected chi connectivity index (χ0v) is 9.79. The van der Waals surface area contributed by atoms with Crippen LogP contribution in [0, 0.1) is 0 Å². The number of rotatable bonds is 1. The Kier molecular flexibility index (Phi) is 4.35. The number of hydrogen-bond donors (Lipinski definition) is 5. The minimum Gasteiger partial charge on any atom is -0.394 e. The highest BCUT2D eigenvalue weighted by Gasteiger charge is 2.41. The van der Waals surface area contributed by atoms with Crippen LogP contribution >= 0.6 is 0 Å². The normalized spacial score (nSPS) is 30.1. The molecule has 5 N–H and O–H groups in total. The Morgan fingerprint density at radius 3 is 2.53 bits per heavy atom. The molecule has 9 nitrogen and oxygen atoms in total. The summed E-state index contributed by atoms with van der Waals surface area (Å²) < 4.78 is 4.54. The van der Waals surface area contributed by atoms with Gasteiger partial charge >= 0.3 is 0 Å². The number of fused-ring (bicyclic) bond motifs is 1. The van der Waals surface area contributed by atoms with Crippen LogP contribution in [0.25, 0.3) is 11.2 Å². The van der Waals surface area contributed by atoms with E-state index in [1.165, 1.54) is 6.33 Å². The highest BCUT2D eigenvalue weighted by atomic mass is 16.6. The first kappa shape index (κ1) is 13.8. The molecule has 1 aliphatic rings. The van der Waals surface area contributed by atoms with Crippen molar-refractivity contribution >= 4 is 11.2 Å². The molecular weight excluding hydrogens is 256 g/mol. The minimum absolute atomic E-state index is 0.407. The van der Waals surface area contributed by atoms with Gasteiger partial charge in [-0.3, -0.25) is 0 Å². The number of nitrogens with zero attached hydrogens (tertiary/aromatic N) is 3. The number of H-pyrrole nitrogens is 1. The van der Waals surface area contributed by atoms with Gasteiger partial charge < -0.3 is 30.1 Å². The summed E-state index contributed by atoms with van der Waals surface area (Å²) in [5.74, 6) is 0. The van der Waals surface area contributed by atoms with Crippen molar-refractivity contribution in [3.05, 3.63) is 18.9 Å². The predicted molar refractivity (Wildman–Crippen MR) is 61.7 cm³/mol. The fraction of sp³-hybridized carbons (Fsp3) is 0.500. The molecule has 3 heterocycles. The van der Waals surface area contributed by atoms with Gasteiger partial charge in [-0.05, 0) is 0 Å². The van der Waals surface area contributed by atoms with Crippen LogP contribution in [-0.4, -0.2) is 71.6 Å². The number of aliphatic hydroxyl groups excluding tert-OH is 4. The molecule has 0 aliphatic carbocycles. The maximum absolute atomic E-state index is 8.93. The van der Waals surface area contributed by atoms with Crippen molar-refractivity contribution < 1.29 is 25.2 Å². The quantitative estimate of drug-likeness (QED) is 0.391. The number of nitrogens with one attached hydrogen (secondary N) is 1. The number of ether oxygens (including phenoxy) is 1. The monoisotopic (exact) mass is 270 g/mol. The molecule has 2 aromatic rings. The third-order valence-electron chi connectivity index (χ3n) is 2.62. The fourth-order valence-corrected chi connectivity index (χ4v) is 1.57. The van der Waals surface area contributed by atoms with Crippen LogP contribution in [-0.2, 0) is 4.74 Å². The molecule has 4 atom stereocenters. The molecule has 3 rings (SSSR count). The summed E-state index contributed by atoms with van der Waals surface area (Å²) in [5, 5.41) is 35.0. The van der Waals surface area contributed by atoms with Crippen molar-refractivity contribution in [2.75, 3.05) is 6.61 Å². The molecule has 2 aromatic heterocycles. The molecule has 0 saturated carbocycles. The van der Waals surface area contributed by atoms with Gasteiger partial charge in [0.05, 0.1) is 19.1 Å². The van der Waals surface area contributed by atoms with Gasteiger partial charge in [-0.15, -0.1) is 0 Å². The molecular formula is C10H14N4O5. The number of imidazole rings is 1. The van der Waals surface area contributed by atoms with Crippen LogP contribution in [0.15, 0.2) is 18.9 Å². The van der Waals surface area contributed by atoms with E-state index in [2.05, 4.69) is 24.7 Å². The van der Waals surface area contributed by atoms with Gasteiger partial charge in [0.1, 0.15) is 30.2 Å².